The van der Waals surface area contributed by atoms with E-state index in [9.17, 15) is 9.90 Å². The molecule has 0 bridgehead atoms. The highest BCUT2D eigenvalue weighted by molar-refractivity contribution is 6.39. The summed E-state index contributed by atoms with van der Waals surface area (Å²) in [5.74, 6) is 0.376. The summed E-state index contributed by atoms with van der Waals surface area (Å²) in [6, 6.07) is 1.37. The predicted molar refractivity (Wildman–Crippen MR) is 94.5 cm³/mol. The number of halogens is 2. The van der Waals surface area contributed by atoms with Crippen molar-refractivity contribution >= 4 is 34.1 Å². The Bertz CT molecular complexity index is 768. The lowest BCUT2D eigenvalue weighted by Gasteiger charge is -2.22. The summed E-state index contributed by atoms with van der Waals surface area (Å²) < 4.78 is 1.49. The van der Waals surface area contributed by atoms with Gasteiger partial charge in [-0.1, -0.05) is 37.0 Å². The Labute approximate surface area is 145 Å². The first-order valence-electron chi connectivity index (χ1n) is 7.69. The van der Waals surface area contributed by atoms with Crippen molar-refractivity contribution in [3.63, 3.8) is 0 Å². The minimum atomic E-state index is -0.282. The lowest BCUT2D eigenvalue weighted by atomic mass is 10.2. The number of aromatic nitrogens is 2. The molecular weight excluding hydrogens is 337 g/mol. The van der Waals surface area contributed by atoms with E-state index >= 15 is 0 Å². The summed E-state index contributed by atoms with van der Waals surface area (Å²) >= 11 is 12.1. The number of nitrogens with zero attached hydrogens (tertiary/aromatic N) is 3. The number of phenols is 1. The van der Waals surface area contributed by atoms with E-state index in [1.807, 2.05) is 0 Å². The summed E-state index contributed by atoms with van der Waals surface area (Å²) in [6.07, 6.45) is 2.04. The fourth-order valence-electron chi connectivity index (χ4n) is 2.64. The Morgan fingerprint density at radius 1 is 1.22 bits per heavy atom. The van der Waals surface area contributed by atoms with Crippen LogP contribution in [0, 0.1) is 0 Å². The van der Waals surface area contributed by atoms with Gasteiger partial charge in [-0.3, -0.25) is 14.3 Å². The molecular formula is C16H21Cl2N3O2. The van der Waals surface area contributed by atoms with Crippen molar-refractivity contribution in [1.82, 2.24) is 14.5 Å². The van der Waals surface area contributed by atoms with Gasteiger partial charge in [-0.25, -0.2) is 4.98 Å². The van der Waals surface area contributed by atoms with E-state index < -0.39 is 0 Å². The molecule has 0 unspecified atom stereocenters. The van der Waals surface area contributed by atoms with E-state index in [0.717, 1.165) is 25.9 Å². The zero-order valence-corrected chi connectivity index (χ0v) is 15.1. The van der Waals surface area contributed by atoms with Gasteiger partial charge in [-0.2, -0.15) is 0 Å². The molecule has 1 aromatic heterocycles. The lowest BCUT2D eigenvalue weighted by Crippen LogP contribution is -2.31. The van der Waals surface area contributed by atoms with Crippen LogP contribution in [-0.2, 0) is 13.6 Å². The molecule has 1 heterocycles. The third-order valence-electron chi connectivity index (χ3n) is 3.77. The average Bonchev–Trinajstić information content (AvgIpc) is 2.49. The molecule has 126 valence electrons. The Balaban J connectivity index is 2.60. The molecule has 23 heavy (non-hydrogen) atoms. The quantitative estimate of drug-likeness (QED) is 0.858. The number of hydrogen-bond acceptors (Lipinski definition) is 4. The highest BCUT2D eigenvalue weighted by atomic mass is 35.5. The fraction of sp³-hybridized carbons (Fsp3) is 0.500. The van der Waals surface area contributed by atoms with E-state index in [1.165, 1.54) is 10.6 Å². The van der Waals surface area contributed by atoms with E-state index in [-0.39, 0.29) is 32.3 Å². The summed E-state index contributed by atoms with van der Waals surface area (Å²) in [6.45, 7) is 6.60. The highest BCUT2D eigenvalue weighted by Gasteiger charge is 2.18. The molecule has 0 atom stereocenters. The van der Waals surface area contributed by atoms with Crippen LogP contribution in [0.4, 0.5) is 0 Å². The third-order valence-corrected chi connectivity index (χ3v) is 4.36. The smallest absolute Gasteiger partial charge is 0.262 e. The van der Waals surface area contributed by atoms with Gasteiger partial charge < -0.3 is 5.11 Å². The van der Waals surface area contributed by atoms with Crippen molar-refractivity contribution in [1.29, 1.82) is 0 Å². The van der Waals surface area contributed by atoms with Crippen LogP contribution in [0.2, 0.25) is 10.0 Å². The zero-order valence-electron chi connectivity index (χ0n) is 13.6. The summed E-state index contributed by atoms with van der Waals surface area (Å²) in [4.78, 5) is 19.3. The van der Waals surface area contributed by atoms with Crippen LogP contribution >= 0.6 is 23.2 Å². The van der Waals surface area contributed by atoms with Gasteiger partial charge >= 0.3 is 0 Å². The number of fused-ring (bicyclic) bond motifs is 1. The first-order valence-corrected chi connectivity index (χ1v) is 8.45. The van der Waals surface area contributed by atoms with Crippen LogP contribution in [0.15, 0.2) is 10.9 Å². The second kappa shape index (κ2) is 7.51. The van der Waals surface area contributed by atoms with Gasteiger partial charge in [0.1, 0.15) is 11.3 Å². The normalized spacial score (nSPS) is 11.6. The zero-order chi connectivity index (χ0) is 17.1. The molecule has 7 heteroatoms. The van der Waals surface area contributed by atoms with Crippen LogP contribution in [0.1, 0.15) is 32.5 Å². The number of aromatic hydroxyl groups is 1. The van der Waals surface area contributed by atoms with Crippen molar-refractivity contribution in [2.24, 2.45) is 7.05 Å². The van der Waals surface area contributed by atoms with Gasteiger partial charge in [0.25, 0.3) is 5.56 Å². The van der Waals surface area contributed by atoms with Gasteiger partial charge in [0.2, 0.25) is 0 Å². The Hall–Kier alpha value is -1.30. The standard InChI is InChI=1S/C16H21Cl2N3O2/c1-4-6-21(7-5-2)9-12-19-14-13(16(23)20(12)3)10(17)8-11(18)15(14)22/h8,22H,4-7,9H2,1-3H3. The molecule has 0 radical (unpaired) electrons. The van der Waals surface area contributed by atoms with E-state index in [4.69, 9.17) is 23.2 Å². The molecule has 5 nitrogen and oxygen atoms in total. The molecule has 0 aliphatic heterocycles. The molecule has 0 saturated heterocycles. The van der Waals surface area contributed by atoms with Gasteiger partial charge in [0, 0.05) is 7.05 Å². The van der Waals surface area contributed by atoms with E-state index in [2.05, 4.69) is 23.7 Å². The number of phenolic OH excluding ortho intramolecular Hbond substituents is 1. The maximum Gasteiger partial charge on any atom is 0.262 e. The third kappa shape index (κ3) is 3.62. The molecule has 1 aromatic carbocycles. The largest absolute Gasteiger partial charge is 0.504 e. The molecule has 0 aliphatic carbocycles. The van der Waals surface area contributed by atoms with Crippen molar-refractivity contribution in [2.45, 2.75) is 33.2 Å². The Morgan fingerprint density at radius 3 is 2.39 bits per heavy atom. The summed E-state index contributed by atoms with van der Waals surface area (Å²) in [5.41, 5.74) is -0.122. The second-order valence-electron chi connectivity index (χ2n) is 5.58. The summed E-state index contributed by atoms with van der Waals surface area (Å²) in [7, 11) is 1.67. The molecule has 0 fully saturated rings. The van der Waals surface area contributed by atoms with Crippen molar-refractivity contribution in [3.8, 4) is 5.75 Å². The van der Waals surface area contributed by atoms with Gasteiger partial charge in [0.05, 0.1) is 22.0 Å². The number of hydrogen-bond donors (Lipinski definition) is 1. The molecule has 0 amide bonds. The average molecular weight is 358 g/mol. The first-order chi connectivity index (χ1) is 10.9. The summed E-state index contributed by atoms with van der Waals surface area (Å²) in [5, 5.41) is 10.6. The maximum atomic E-state index is 12.6. The number of rotatable bonds is 6. The van der Waals surface area contributed by atoms with Crippen LogP contribution in [0.5, 0.6) is 5.75 Å². The van der Waals surface area contributed by atoms with Crippen molar-refractivity contribution in [3.05, 3.63) is 32.3 Å². The molecule has 0 aliphatic rings. The minimum absolute atomic E-state index is 0.0909. The van der Waals surface area contributed by atoms with Gasteiger partial charge in [-0.05, 0) is 32.0 Å². The van der Waals surface area contributed by atoms with E-state index in [0.29, 0.717) is 12.4 Å². The Kier molecular flexibility index (Phi) is 5.89. The molecule has 2 rings (SSSR count). The monoisotopic (exact) mass is 357 g/mol. The second-order valence-corrected chi connectivity index (χ2v) is 6.40. The topological polar surface area (TPSA) is 58.4 Å². The maximum absolute atomic E-state index is 12.6. The van der Waals surface area contributed by atoms with Crippen LogP contribution in [0.25, 0.3) is 10.9 Å². The van der Waals surface area contributed by atoms with Crippen LogP contribution < -0.4 is 5.56 Å². The molecule has 0 saturated carbocycles. The highest BCUT2D eigenvalue weighted by Crippen LogP contribution is 2.34. The van der Waals surface area contributed by atoms with Gasteiger partial charge in [0.15, 0.2) is 5.75 Å². The lowest BCUT2D eigenvalue weighted by molar-refractivity contribution is 0.256. The predicted octanol–water partition coefficient (Wildman–Crippen LogP) is 3.57. The van der Waals surface area contributed by atoms with Crippen molar-refractivity contribution in [2.75, 3.05) is 13.1 Å². The Morgan fingerprint density at radius 2 is 1.83 bits per heavy atom. The molecule has 1 N–H and O–H groups in total. The van der Waals surface area contributed by atoms with Gasteiger partial charge in [-0.15, -0.1) is 0 Å². The first kappa shape index (κ1) is 18.0. The van der Waals surface area contributed by atoms with E-state index in [1.54, 1.807) is 7.05 Å². The SMILES string of the molecule is CCCN(CCC)Cc1nc2c(O)c(Cl)cc(Cl)c2c(=O)n1C. The minimum Gasteiger partial charge on any atom is -0.504 e. The van der Waals surface area contributed by atoms with Crippen molar-refractivity contribution < 1.29 is 5.11 Å². The molecule has 2 aromatic rings. The fourth-order valence-corrected chi connectivity index (χ4v) is 3.18. The molecule has 0 spiro atoms. The van der Waals surface area contributed by atoms with Crippen LogP contribution in [-0.4, -0.2) is 32.6 Å². The van der Waals surface area contributed by atoms with Crippen LogP contribution in [0.3, 0.4) is 0 Å². The number of benzene rings is 1.